The summed E-state index contributed by atoms with van der Waals surface area (Å²) in [7, 11) is 0. The van der Waals surface area contributed by atoms with E-state index in [1.165, 1.54) is 0 Å². The molecule has 0 aliphatic rings. The predicted molar refractivity (Wildman–Crippen MR) is 22.1 cm³/mol. The van der Waals surface area contributed by atoms with Gasteiger partial charge >= 0.3 is 0 Å². The SMILES string of the molecule is C/C=C(\C)O. The minimum atomic E-state index is 0.380. The number of aliphatic hydroxyl groups is 1. The summed E-state index contributed by atoms with van der Waals surface area (Å²) in [5.41, 5.74) is 0. The van der Waals surface area contributed by atoms with E-state index in [1.807, 2.05) is 0 Å². The third-order valence-electron chi connectivity index (χ3n) is 0.418. The summed E-state index contributed by atoms with van der Waals surface area (Å²) in [6, 6.07) is 0. The Balaban J connectivity index is 3.14. The first-order valence-corrected chi connectivity index (χ1v) is 1.59. The molecule has 0 bridgehead atoms. The maximum atomic E-state index is 8.22. The Labute approximate surface area is 31.9 Å². The Hall–Kier alpha value is -0.460. The van der Waals surface area contributed by atoms with Crippen LogP contribution in [-0.4, -0.2) is 5.11 Å². The highest BCUT2D eigenvalue weighted by molar-refractivity contribution is 4.79. The summed E-state index contributed by atoms with van der Waals surface area (Å²) in [4.78, 5) is 0. The lowest BCUT2D eigenvalue weighted by Gasteiger charge is -1.75. The lowest BCUT2D eigenvalue weighted by Crippen LogP contribution is -1.60. The van der Waals surface area contributed by atoms with E-state index in [0.717, 1.165) is 0 Å². The van der Waals surface area contributed by atoms with Crippen LogP contribution in [-0.2, 0) is 0 Å². The fraction of sp³-hybridized carbons (Fsp3) is 0.500. The van der Waals surface area contributed by atoms with Crippen molar-refractivity contribution >= 4 is 0 Å². The van der Waals surface area contributed by atoms with Crippen molar-refractivity contribution in [2.24, 2.45) is 0 Å². The monoisotopic (exact) mass is 72.1 g/mol. The fourth-order valence-electron chi connectivity index (χ4n) is 0. The van der Waals surface area contributed by atoms with Crippen molar-refractivity contribution in [3.8, 4) is 0 Å². The van der Waals surface area contributed by atoms with E-state index in [9.17, 15) is 0 Å². The van der Waals surface area contributed by atoms with Gasteiger partial charge in [-0.3, -0.25) is 0 Å². The molecule has 0 unspecified atom stereocenters. The molecule has 1 N–H and O–H groups in total. The maximum absolute atomic E-state index is 8.22. The van der Waals surface area contributed by atoms with Crippen molar-refractivity contribution in [2.45, 2.75) is 13.8 Å². The Morgan fingerprint density at radius 3 is 2.00 bits per heavy atom. The van der Waals surface area contributed by atoms with Gasteiger partial charge in [-0.25, -0.2) is 0 Å². The van der Waals surface area contributed by atoms with Gasteiger partial charge in [-0.2, -0.15) is 0 Å². The summed E-state index contributed by atoms with van der Waals surface area (Å²) in [6.45, 7) is 3.43. The topological polar surface area (TPSA) is 20.2 Å². The third kappa shape index (κ3) is 3.54. The van der Waals surface area contributed by atoms with Crippen molar-refractivity contribution in [3.63, 3.8) is 0 Å². The molecule has 1 nitrogen and oxygen atoms in total. The van der Waals surface area contributed by atoms with E-state index < -0.39 is 0 Å². The Morgan fingerprint density at radius 2 is 2.00 bits per heavy atom. The first-order chi connectivity index (χ1) is 2.27. The van der Waals surface area contributed by atoms with Gasteiger partial charge in [-0.05, 0) is 13.8 Å². The zero-order chi connectivity index (χ0) is 4.28. The first kappa shape index (κ1) is 4.54. The summed E-state index contributed by atoms with van der Waals surface area (Å²) < 4.78 is 0. The number of allylic oxidation sites excluding steroid dienone is 2. The van der Waals surface area contributed by atoms with Crippen molar-refractivity contribution < 1.29 is 5.11 Å². The molecule has 30 valence electrons. The number of hydrogen-bond acceptors (Lipinski definition) is 1. The van der Waals surface area contributed by atoms with E-state index in [0.29, 0.717) is 5.76 Å². The fourth-order valence-corrected chi connectivity index (χ4v) is 0. The van der Waals surface area contributed by atoms with E-state index >= 15 is 0 Å². The van der Waals surface area contributed by atoms with Gasteiger partial charge in [0.25, 0.3) is 0 Å². The zero-order valence-corrected chi connectivity index (χ0v) is 3.52. The lowest BCUT2D eigenvalue weighted by atomic mass is 10.5. The molecule has 0 heterocycles. The second kappa shape index (κ2) is 1.82. The molecule has 0 radical (unpaired) electrons. The van der Waals surface area contributed by atoms with Gasteiger partial charge in [0.15, 0.2) is 0 Å². The summed E-state index contributed by atoms with van der Waals surface area (Å²) >= 11 is 0. The molecular weight excluding hydrogens is 64.0 g/mol. The number of rotatable bonds is 0. The number of hydrogen-bond donors (Lipinski definition) is 1. The van der Waals surface area contributed by atoms with Gasteiger partial charge in [0.1, 0.15) is 0 Å². The van der Waals surface area contributed by atoms with Crippen molar-refractivity contribution in [3.05, 3.63) is 11.8 Å². The van der Waals surface area contributed by atoms with Crippen LogP contribution in [0.5, 0.6) is 0 Å². The molecule has 1 heteroatoms. The van der Waals surface area contributed by atoms with Crippen LogP contribution in [0.1, 0.15) is 13.8 Å². The highest BCUT2D eigenvalue weighted by Gasteiger charge is 1.63. The van der Waals surface area contributed by atoms with Crippen molar-refractivity contribution in [2.75, 3.05) is 0 Å². The van der Waals surface area contributed by atoms with Crippen LogP contribution in [0.3, 0.4) is 0 Å². The largest absolute Gasteiger partial charge is 0.513 e. The molecule has 5 heavy (non-hydrogen) atoms. The molecule has 0 spiro atoms. The van der Waals surface area contributed by atoms with Gasteiger partial charge in [0, 0.05) is 0 Å². The second-order valence-corrected chi connectivity index (χ2v) is 0.930. The van der Waals surface area contributed by atoms with E-state index in [4.69, 9.17) is 5.11 Å². The number of aliphatic hydroxyl groups excluding tert-OH is 1. The Kier molecular flexibility index (Phi) is 1.65. The molecule has 0 amide bonds. The minimum Gasteiger partial charge on any atom is -0.513 e. The van der Waals surface area contributed by atoms with Crippen LogP contribution in [0.25, 0.3) is 0 Å². The average Bonchev–Trinajstić information content (AvgIpc) is 1.38. The quantitative estimate of drug-likeness (QED) is 0.429. The van der Waals surface area contributed by atoms with Gasteiger partial charge < -0.3 is 5.11 Å². The predicted octanol–water partition coefficient (Wildman–Crippen LogP) is 1.47. The molecule has 0 rings (SSSR count). The molecule has 0 fully saturated rings. The molecule has 0 aromatic carbocycles. The average molecular weight is 72.1 g/mol. The molecular formula is C4H8O. The van der Waals surface area contributed by atoms with Crippen LogP contribution in [0.15, 0.2) is 11.8 Å². The van der Waals surface area contributed by atoms with Crippen molar-refractivity contribution in [1.82, 2.24) is 0 Å². The molecule has 0 aromatic rings. The summed E-state index contributed by atoms with van der Waals surface area (Å²) in [5.74, 6) is 0.380. The van der Waals surface area contributed by atoms with E-state index in [1.54, 1.807) is 19.9 Å². The Morgan fingerprint density at radius 1 is 1.80 bits per heavy atom. The standard InChI is InChI=1S/C4H8O/c1-3-4(2)5/h3,5H,1-2H3/b4-3+. The van der Waals surface area contributed by atoms with Crippen LogP contribution in [0.4, 0.5) is 0 Å². The maximum Gasteiger partial charge on any atom is 0.0849 e. The van der Waals surface area contributed by atoms with E-state index in [-0.39, 0.29) is 0 Å². The van der Waals surface area contributed by atoms with Crippen molar-refractivity contribution in [1.29, 1.82) is 0 Å². The highest BCUT2D eigenvalue weighted by atomic mass is 16.3. The second-order valence-electron chi connectivity index (χ2n) is 0.930. The van der Waals surface area contributed by atoms with Crippen LogP contribution in [0.2, 0.25) is 0 Å². The normalized spacial score (nSPS) is 12.0. The zero-order valence-electron chi connectivity index (χ0n) is 3.52. The molecule has 0 aliphatic carbocycles. The van der Waals surface area contributed by atoms with Gasteiger partial charge in [-0.15, -0.1) is 0 Å². The van der Waals surface area contributed by atoms with Gasteiger partial charge in [0.05, 0.1) is 5.76 Å². The minimum absolute atomic E-state index is 0.380. The summed E-state index contributed by atoms with van der Waals surface area (Å²) in [5, 5.41) is 8.22. The lowest BCUT2D eigenvalue weighted by molar-refractivity contribution is 0.413. The molecule has 0 saturated carbocycles. The highest BCUT2D eigenvalue weighted by Crippen LogP contribution is 1.77. The van der Waals surface area contributed by atoms with Crippen LogP contribution < -0.4 is 0 Å². The molecule has 0 saturated heterocycles. The Bertz CT molecular complexity index is 41.6. The first-order valence-electron chi connectivity index (χ1n) is 1.59. The van der Waals surface area contributed by atoms with Crippen LogP contribution >= 0.6 is 0 Å². The smallest absolute Gasteiger partial charge is 0.0849 e. The molecule has 0 aromatic heterocycles. The molecule has 0 atom stereocenters. The molecule has 0 aliphatic heterocycles. The van der Waals surface area contributed by atoms with E-state index in [2.05, 4.69) is 0 Å². The van der Waals surface area contributed by atoms with Gasteiger partial charge in [-0.1, -0.05) is 6.08 Å². The summed E-state index contributed by atoms with van der Waals surface area (Å²) in [6.07, 6.45) is 1.64. The van der Waals surface area contributed by atoms with Gasteiger partial charge in [0.2, 0.25) is 0 Å². The van der Waals surface area contributed by atoms with Crippen LogP contribution in [0, 0.1) is 0 Å². The third-order valence-corrected chi connectivity index (χ3v) is 0.418.